The summed E-state index contributed by atoms with van der Waals surface area (Å²) in [6.07, 6.45) is 0.717. The first-order valence-corrected chi connectivity index (χ1v) is 5.02. The van der Waals surface area contributed by atoms with Crippen molar-refractivity contribution in [1.82, 2.24) is 4.90 Å². The number of carbonyl (C=O) groups is 1. The Morgan fingerprint density at radius 1 is 1.67 bits per heavy atom. The molecule has 0 N–H and O–H groups in total. The number of nitrogens with zero attached hydrogens (tertiary/aromatic N) is 1. The highest BCUT2D eigenvalue weighted by molar-refractivity contribution is 6.18. The maximum absolute atomic E-state index is 11.3. The van der Waals surface area contributed by atoms with E-state index in [1.807, 2.05) is 4.90 Å². The molecule has 1 unspecified atom stereocenters. The van der Waals surface area contributed by atoms with Crippen LogP contribution in [-0.2, 0) is 4.79 Å². The van der Waals surface area contributed by atoms with Crippen molar-refractivity contribution in [2.45, 2.75) is 20.3 Å². The van der Waals surface area contributed by atoms with Gasteiger partial charge in [-0.15, -0.1) is 11.6 Å². The highest BCUT2D eigenvalue weighted by Gasteiger charge is 2.30. The summed E-state index contributed by atoms with van der Waals surface area (Å²) in [6.45, 7) is 5.96. The van der Waals surface area contributed by atoms with E-state index in [2.05, 4.69) is 13.8 Å². The Hall–Kier alpha value is -0.240. The van der Waals surface area contributed by atoms with Gasteiger partial charge in [0.25, 0.3) is 0 Å². The Balaban J connectivity index is 2.44. The van der Waals surface area contributed by atoms with Gasteiger partial charge in [0.15, 0.2) is 0 Å². The van der Waals surface area contributed by atoms with Gasteiger partial charge in [0.05, 0.1) is 0 Å². The summed E-state index contributed by atoms with van der Waals surface area (Å²) < 4.78 is 0. The van der Waals surface area contributed by atoms with Crippen molar-refractivity contribution in [3.05, 3.63) is 0 Å². The quantitative estimate of drug-likeness (QED) is 0.620. The predicted molar refractivity (Wildman–Crippen MR) is 50.2 cm³/mol. The zero-order chi connectivity index (χ0) is 9.14. The molecule has 1 heterocycles. The Morgan fingerprint density at radius 3 is 2.75 bits per heavy atom. The van der Waals surface area contributed by atoms with Crippen LogP contribution in [0.15, 0.2) is 0 Å². The van der Waals surface area contributed by atoms with Crippen LogP contribution < -0.4 is 0 Å². The summed E-state index contributed by atoms with van der Waals surface area (Å²) in [5.41, 5.74) is 0. The second-order valence-corrected chi connectivity index (χ2v) is 4.11. The van der Waals surface area contributed by atoms with Crippen molar-refractivity contribution in [1.29, 1.82) is 0 Å². The van der Waals surface area contributed by atoms with Crippen LogP contribution in [0.2, 0.25) is 0 Å². The first-order valence-electron chi connectivity index (χ1n) is 4.49. The lowest BCUT2D eigenvalue weighted by Gasteiger charge is -2.16. The van der Waals surface area contributed by atoms with Gasteiger partial charge in [0.1, 0.15) is 0 Å². The molecule has 0 aromatic carbocycles. The minimum Gasteiger partial charge on any atom is -0.341 e. The van der Waals surface area contributed by atoms with Crippen LogP contribution in [0.25, 0.3) is 0 Å². The van der Waals surface area contributed by atoms with E-state index in [0.29, 0.717) is 30.7 Å². The molecule has 1 aliphatic heterocycles. The molecule has 12 heavy (non-hydrogen) atoms. The molecular formula is C9H16ClNO. The average Bonchev–Trinajstić information content (AvgIpc) is 2.34. The second kappa shape index (κ2) is 4.13. The normalized spacial score (nSPS) is 24.2. The summed E-state index contributed by atoms with van der Waals surface area (Å²) in [5, 5.41) is 0. The largest absolute Gasteiger partial charge is 0.341 e. The lowest BCUT2D eigenvalue weighted by Crippen LogP contribution is -2.27. The van der Waals surface area contributed by atoms with Crippen molar-refractivity contribution in [3.8, 4) is 0 Å². The monoisotopic (exact) mass is 189 g/mol. The average molecular weight is 190 g/mol. The lowest BCUT2D eigenvalue weighted by atomic mass is 9.95. The Labute approximate surface area is 78.9 Å². The number of alkyl halides is 1. The van der Waals surface area contributed by atoms with Gasteiger partial charge >= 0.3 is 0 Å². The molecule has 0 bridgehead atoms. The number of amides is 1. The maximum Gasteiger partial charge on any atom is 0.222 e. The number of hydrogen-bond acceptors (Lipinski definition) is 1. The van der Waals surface area contributed by atoms with Crippen LogP contribution in [0.5, 0.6) is 0 Å². The number of halogens is 1. The molecule has 0 radical (unpaired) electrons. The summed E-state index contributed by atoms with van der Waals surface area (Å²) in [4.78, 5) is 13.2. The van der Waals surface area contributed by atoms with Crippen molar-refractivity contribution in [2.75, 3.05) is 19.0 Å². The number of hydrogen-bond donors (Lipinski definition) is 0. The van der Waals surface area contributed by atoms with Gasteiger partial charge in [0, 0.05) is 25.4 Å². The van der Waals surface area contributed by atoms with Gasteiger partial charge < -0.3 is 4.90 Å². The van der Waals surface area contributed by atoms with Crippen molar-refractivity contribution < 1.29 is 4.79 Å². The molecule has 1 amide bonds. The van der Waals surface area contributed by atoms with Gasteiger partial charge in [0.2, 0.25) is 5.91 Å². The molecular weight excluding hydrogens is 174 g/mol. The molecule has 1 saturated heterocycles. The smallest absolute Gasteiger partial charge is 0.222 e. The van der Waals surface area contributed by atoms with E-state index in [0.717, 1.165) is 6.54 Å². The molecule has 0 aromatic rings. The molecule has 0 spiro atoms. The first kappa shape index (κ1) is 9.85. The van der Waals surface area contributed by atoms with Gasteiger partial charge in [-0.25, -0.2) is 0 Å². The molecule has 1 aliphatic rings. The number of carbonyl (C=O) groups excluding carboxylic acids is 1. The van der Waals surface area contributed by atoms with Crippen molar-refractivity contribution in [2.24, 2.45) is 11.8 Å². The third-order valence-corrected chi connectivity index (χ3v) is 2.71. The third-order valence-electron chi connectivity index (χ3n) is 2.54. The first-order chi connectivity index (χ1) is 5.65. The number of rotatable bonds is 3. The molecule has 1 atom stereocenters. The van der Waals surface area contributed by atoms with E-state index >= 15 is 0 Å². The molecule has 1 fully saturated rings. The third kappa shape index (κ3) is 2.13. The fourth-order valence-electron chi connectivity index (χ4n) is 1.57. The Bertz CT molecular complexity index is 170. The number of likely N-dealkylation sites (tertiary alicyclic amines) is 1. The van der Waals surface area contributed by atoms with Crippen LogP contribution in [0.1, 0.15) is 20.3 Å². The lowest BCUT2D eigenvalue weighted by molar-refractivity contribution is -0.127. The Morgan fingerprint density at radius 2 is 2.33 bits per heavy atom. The van der Waals surface area contributed by atoms with E-state index in [9.17, 15) is 4.79 Å². The summed E-state index contributed by atoms with van der Waals surface area (Å²) in [7, 11) is 0. The van der Waals surface area contributed by atoms with Gasteiger partial charge in [-0.1, -0.05) is 13.8 Å². The van der Waals surface area contributed by atoms with E-state index in [-0.39, 0.29) is 5.91 Å². The van der Waals surface area contributed by atoms with Crippen LogP contribution in [0.3, 0.4) is 0 Å². The van der Waals surface area contributed by atoms with Crippen LogP contribution in [0, 0.1) is 11.8 Å². The summed E-state index contributed by atoms with van der Waals surface area (Å²) >= 11 is 5.58. The minimum atomic E-state index is 0.273. The standard InChI is InChI=1S/C9H16ClNO/c1-7(2)8-5-9(12)11(6-8)4-3-10/h7-8H,3-6H2,1-2H3. The molecule has 1 rings (SSSR count). The SMILES string of the molecule is CC(C)C1CC(=O)N(CCCl)C1. The highest BCUT2D eigenvalue weighted by Crippen LogP contribution is 2.24. The molecule has 0 saturated carbocycles. The van der Waals surface area contributed by atoms with Gasteiger partial charge in [-0.2, -0.15) is 0 Å². The van der Waals surface area contributed by atoms with E-state index in [4.69, 9.17) is 11.6 Å². The topological polar surface area (TPSA) is 20.3 Å². The maximum atomic E-state index is 11.3. The van der Waals surface area contributed by atoms with Gasteiger partial charge in [-0.05, 0) is 11.8 Å². The Kier molecular flexibility index (Phi) is 3.39. The fraction of sp³-hybridized carbons (Fsp3) is 0.889. The zero-order valence-electron chi connectivity index (χ0n) is 7.72. The van der Waals surface area contributed by atoms with Crippen LogP contribution >= 0.6 is 11.6 Å². The van der Waals surface area contributed by atoms with E-state index in [1.165, 1.54) is 0 Å². The van der Waals surface area contributed by atoms with Crippen molar-refractivity contribution >= 4 is 17.5 Å². The molecule has 70 valence electrons. The predicted octanol–water partition coefficient (Wildman–Crippen LogP) is 1.73. The highest BCUT2D eigenvalue weighted by atomic mass is 35.5. The molecule has 2 nitrogen and oxygen atoms in total. The molecule has 0 aliphatic carbocycles. The minimum absolute atomic E-state index is 0.273. The van der Waals surface area contributed by atoms with Crippen LogP contribution in [-0.4, -0.2) is 29.8 Å². The summed E-state index contributed by atoms with van der Waals surface area (Å²) in [5.74, 6) is 1.97. The van der Waals surface area contributed by atoms with Crippen molar-refractivity contribution in [3.63, 3.8) is 0 Å². The fourth-order valence-corrected chi connectivity index (χ4v) is 1.77. The zero-order valence-corrected chi connectivity index (χ0v) is 8.47. The molecule has 0 aromatic heterocycles. The van der Waals surface area contributed by atoms with E-state index < -0.39 is 0 Å². The van der Waals surface area contributed by atoms with Gasteiger partial charge in [-0.3, -0.25) is 4.79 Å². The van der Waals surface area contributed by atoms with E-state index in [1.54, 1.807) is 0 Å². The van der Waals surface area contributed by atoms with Crippen LogP contribution in [0.4, 0.5) is 0 Å². The molecule has 3 heteroatoms. The second-order valence-electron chi connectivity index (χ2n) is 3.74. The summed E-state index contributed by atoms with van der Waals surface area (Å²) in [6, 6.07) is 0.